The molecule has 0 aliphatic carbocycles. The SMILES string of the molecule is CC[C@H](C)[C@@H](NC(=O)COc1ccccc1NC(C)=O)C(=O)OC. The maximum atomic E-state index is 12.1. The molecular weight excluding hydrogens is 312 g/mol. The molecular formula is C17H24N2O5. The number of amides is 2. The first kappa shape index (κ1) is 19.5. The number of nitrogens with one attached hydrogen (secondary N) is 2. The molecule has 0 saturated heterocycles. The van der Waals surface area contributed by atoms with Crippen LogP contribution in [0.5, 0.6) is 5.75 Å². The lowest BCUT2D eigenvalue weighted by molar-refractivity contribution is -0.146. The van der Waals surface area contributed by atoms with Crippen LogP contribution in [0.4, 0.5) is 5.69 Å². The summed E-state index contributed by atoms with van der Waals surface area (Å²) >= 11 is 0. The molecule has 1 rings (SSSR count). The third-order valence-corrected chi connectivity index (χ3v) is 3.54. The van der Waals surface area contributed by atoms with Crippen LogP contribution in [0.15, 0.2) is 24.3 Å². The third kappa shape index (κ3) is 5.91. The molecule has 2 N–H and O–H groups in total. The van der Waals surface area contributed by atoms with Gasteiger partial charge < -0.3 is 20.1 Å². The highest BCUT2D eigenvalue weighted by molar-refractivity contribution is 5.90. The number of anilines is 1. The number of rotatable bonds is 8. The highest BCUT2D eigenvalue weighted by Gasteiger charge is 2.26. The number of benzene rings is 1. The molecule has 7 heteroatoms. The third-order valence-electron chi connectivity index (χ3n) is 3.54. The number of carbonyl (C=O) groups is 3. The van der Waals surface area contributed by atoms with E-state index in [0.717, 1.165) is 0 Å². The van der Waals surface area contributed by atoms with E-state index in [1.54, 1.807) is 24.3 Å². The monoisotopic (exact) mass is 336 g/mol. The van der Waals surface area contributed by atoms with E-state index in [1.807, 2.05) is 13.8 Å². The molecule has 0 aliphatic rings. The van der Waals surface area contributed by atoms with E-state index >= 15 is 0 Å². The van der Waals surface area contributed by atoms with Gasteiger partial charge in [0.15, 0.2) is 6.61 Å². The lowest BCUT2D eigenvalue weighted by Crippen LogP contribution is -2.47. The molecule has 0 spiro atoms. The molecule has 0 unspecified atom stereocenters. The van der Waals surface area contributed by atoms with Crippen LogP contribution < -0.4 is 15.4 Å². The summed E-state index contributed by atoms with van der Waals surface area (Å²) in [5.74, 6) is -0.855. The summed E-state index contributed by atoms with van der Waals surface area (Å²) in [6, 6.07) is 6.07. The Labute approximate surface area is 141 Å². The van der Waals surface area contributed by atoms with Crippen molar-refractivity contribution in [1.82, 2.24) is 5.32 Å². The summed E-state index contributed by atoms with van der Waals surface area (Å²) in [7, 11) is 1.28. The van der Waals surface area contributed by atoms with Gasteiger partial charge in [-0.3, -0.25) is 9.59 Å². The summed E-state index contributed by atoms with van der Waals surface area (Å²) in [4.78, 5) is 35.0. The largest absolute Gasteiger partial charge is 0.482 e. The second-order valence-electron chi connectivity index (χ2n) is 5.42. The highest BCUT2D eigenvalue weighted by atomic mass is 16.5. The first-order valence-electron chi connectivity index (χ1n) is 7.75. The van der Waals surface area contributed by atoms with E-state index < -0.39 is 17.9 Å². The van der Waals surface area contributed by atoms with Gasteiger partial charge >= 0.3 is 5.97 Å². The minimum atomic E-state index is -0.721. The van der Waals surface area contributed by atoms with Crippen LogP contribution in [0.1, 0.15) is 27.2 Å². The average molecular weight is 336 g/mol. The fraction of sp³-hybridized carbons (Fsp3) is 0.471. The van der Waals surface area contributed by atoms with Gasteiger partial charge in [0.2, 0.25) is 5.91 Å². The maximum Gasteiger partial charge on any atom is 0.328 e. The van der Waals surface area contributed by atoms with Crippen molar-refractivity contribution >= 4 is 23.5 Å². The molecule has 0 radical (unpaired) electrons. The summed E-state index contributed by atoms with van der Waals surface area (Å²) in [5, 5.41) is 5.25. The van der Waals surface area contributed by atoms with Crippen LogP contribution in [-0.2, 0) is 19.1 Å². The van der Waals surface area contributed by atoms with E-state index in [0.29, 0.717) is 17.9 Å². The van der Waals surface area contributed by atoms with Crippen molar-refractivity contribution < 1.29 is 23.9 Å². The number of para-hydroxylation sites is 2. The predicted molar refractivity (Wildman–Crippen MR) is 89.6 cm³/mol. The van der Waals surface area contributed by atoms with Crippen LogP contribution in [-0.4, -0.2) is 37.5 Å². The molecule has 1 aromatic carbocycles. The van der Waals surface area contributed by atoms with Gasteiger partial charge in [0, 0.05) is 6.92 Å². The van der Waals surface area contributed by atoms with Gasteiger partial charge in [-0.2, -0.15) is 0 Å². The van der Waals surface area contributed by atoms with Crippen molar-refractivity contribution in [3.8, 4) is 5.75 Å². The minimum absolute atomic E-state index is 0.0620. The van der Waals surface area contributed by atoms with Crippen LogP contribution in [0.2, 0.25) is 0 Å². The van der Waals surface area contributed by atoms with E-state index in [9.17, 15) is 14.4 Å². The lowest BCUT2D eigenvalue weighted by atomic mass is 9.99. The van der Waals surface area contributed by atoms with E-state index in [2.05, 4.69) is 10.6 Å². The second-order valence-corrected chi connectivity index (χ2v) is 5.42. The zero-order valence-electron chi connectivity index (χ0n) is 14.4. The molecule has 2 amide bonds. The Bertz CT molecular complexity index is 588. The number of hydrogen-bond acceptors (Lipinski definition) is 5. The fourth-order valence-electron chi connectivity index (χ4n) is 2.04. The molecule has 0 heterocycles. The lowest BCUT2D eigenvalue weighted by Gasteiger charge is -2.22. The van der Waals surface area contributed by atoms with Gasteiger partial charge in [-0.15, -0.1) is 0 Å². The van der Waals surface area contributed by atoms with Crippen LogP contribution in [0, 0.1) is 5.92 Å². The van der Waals surface area contributed by atoms with Crippen molar-refractivity contribution in [2.45, 2.75) is 33.2 Å². The summed E-state index contributed by atoms with van der Waals surface area (Å²) in [5.41, 5.74) is 0.476. The van der Waals surface area contributed by atoms with Crippen molar-refractivity contribution in [2.75, 3.05) is 19.0 Å². The standard InChI is InChI=1S/C17H24N2O5/c1-5-11(2)16(17(22)23-4)19-15(21)10-24-14-9-7-6-8-13(14)18-12(3)20/h6-9,11,16H,5,10H2,1-4H3,(H,18,20)(H,19,21)/t11-,16+/m0/s1. The number of carbonyl (C=O) groups excluding carboxylic acids is 3. The summed E-state index contributed by atoms with van der Waals surface area (Å²) in [6.45, 7) is 4.89. The van der Waals surface area contributed by atoms with Gasteiger partial charge in [0.05, 0.1) is 12.8 Å². The predicted octanol–water partition coefficient (Wildman–Crippen LogP) is 1.73. The normalized spacial score (nSPS) is 12.7. The van der Waals surface area contributed by atoms with Gasteiger partial charge in [-0.05, 0) is 18.1 Å². The van der Waals surface area contributed by atoms with Crippen molar-refractivity contribution in [2.24, 2.45) is 5.92 Å². The fourth-order valence-corrected chi connectivity index (χ4v) is 2.04. The molecule has 24 heavy (non-hydrogen) atoms. The van der Waals surface area contributed by atoms with Crippen LogP contribution in [0.25, 0.3) is 0 Å². The molecule has 0 aliphatic heterocycles. The smallest absolute Gasteiger partial charge is 0.328 e. The maximum absolute atomic E-state index is 12.1. The molecule has 1 aromatic rings. The van der Waals surface area contributed by atoms with Crippen LogP contribution >= 0.6 is 0 Å². The van der Waals surface area contributed by atoms with Gasteiger partial charge in [-0.25, -0.2) is 4.79 Å². The van der Waals surface area contributed by atoms with Crippen LogP contribution in [0.3, 0.4) is 0 Å². The van der Waals surface area contributed by atoms with Gasteiger partial charge in [0.25, 0.3) is 5.91 Å². The Hall–Kier alpha value is -2.57. The molecule has 0 aromatic heterocycles. The van der Waals surface area contributed by atoms with Gasteiger partial charge in [-0.1, -0.05) is 32.4 Å². The number of hydrogen-bond donors (Lipinski definition) is 2. The van der Waals surface area contributed by atoms with Crippen molar-refractivity contribution in [3.63, 3.8) is 0 Å². The first-order valence-corrected chi connectivity index (χ1v) is 7.75. The number of esters is 1. The van der Waals surface area contributed by atoms with Crippen molar-refractivity contribution in [1.29, 1.82) is 0 Å². The topological polar surface area (TPSA) is 93.7 Å². The van der Waals surface area contributed by atoms with E-state index in [1.165, 1.54) is 14.0 Å². The Morgan fingerprint density at radius 1 is 1.21 bits per heavy atom. The highest BCUT2D eigenvalue weighted by Crippen LogP contribution is 2.23. The molecule has 7 nitrogen and oxygen atoms in total. The Morgan fingerprint density at radius 2 is 1.88 bits per heavy atom. The Kier molecular flexibility index (Phi) is 7.74. The number of ether oxygens (including phenoxy) is 2. The van der Waals surface area contributed by atoms with Crippen molar-refractivity contribution in [3.05, 3.63) is 24.3 Å². The second kappa shape index (κ2) is 9.54. The Morgan fingerprint density at radius 3 is 2.46 bits per heavy atom. The van der Waals surface area contributed by atoms with E-state index in [-0.39, 0.29) is 18.4 Å². The number of methoxy groups -OCH3 is 1. The Balaban J connectivity index is 2.68. The summed E-state index contributed by atoms with van der Waals surface area (Å²) in [6.07, 6.45) is 0.715. The van der Waals surface area contributed by atoms with E-state index in [4.69, 9.17) is 9.47 Å². The zero-order chi connectivity index (χ0) is 18.1. The summed E-state index contributed by atoms with van der Waals surface area (Å²) < 4.78 is 10.2. The minimum Gasteiger partial charge on any atom is -0.482 e. The first-order chi connectivity index (χ1) is 11.4. The van der Waals surface area contributed by atoms with Gasteiger partial charge in [0.1, 0.15) is 11.8 Å². The quantitative estimate of drug-likeness (QED) is 0.705. The molecule has 2 atom stereocenters. The zero-order valence-corrected chi connectivity index (χ0v) is 14.4. The molecule has 0 bridgehead atoms. The molecule has 0 fully saturated rings. The molecule has 132 valence electrons. The average Bonchev–Trinajstić information content (AvgIpc) is 2.57. The molecule has 0 saturated carbocycles.